The molecule has 1 aliphatic rings. The SMILES string of the molecule is COCCC(C)C(O)c1cccc2c1OCCO2. The lowest BCUT2D eigenvalue weighted by molar-refractivity contribution is 0.0823. The Morgan fingerprint density at radius 1 is 1.33 bits per heavy atom. The summed E-state index contributed by atoms with van der Waals surface area (Å²) in [6.45, 7) is 3.74. The van der Waals surface area contributed by atoms with E-state index in [1.165, 1.54) is 0 Å². The molecule has 0 aromatic heterocycles. The van der Waals surface area contributed by atoms with Crippen molar-refractivity contribution < 1.29 is 19.3 Å². The van der Waals surface area contributed by atoms with Gasteiger partial charge < -0.3 is 19.3 Å². The van der Waals surface area contributed by atoms with Crippen molar-refractivity contribution in [1.82, 2.24) is 0 Å². The number of hydrogen-bond acceptors (Lipinski definition) is 4. The van der Waals surface area contributed by atoms with Gasteiger partial charge in [0.1, 0.15) is 13.2 Å². The fourth-order valence-corrected chi connectivity index (χ4v) is 2.10. The zero-order chi connectivity index (χ0) is 13.0. The Kier molecular flexibility index (Phi) is 4.44. The summed E-state index contributed by atoms with van der Waals surface area (Å²) in [6, 6.07) is 5.64. The van der Waals surface area contributed by atoms with Crippen molar-refractivity contribution in [2.45, 2.75) is 19.4 Å². The maximum Gasteiger partial charge on any atom is 0.167 e. The van der Waals surface area contributed by atoms with Gasteiger partial charge in [-0.25, -0.2) is 0 Å². The first-order valence-electron chi connectivity index (χ1n) is 6.29. The minimum atomic E-state index is -0.559. The van der Waals surface area contributed by atoms with Crippen LogP contribution in [0.5, 0.6) is 11.5 Å². The summed E-state index contributed by atoms with van der Waals surface area (Å²) in [5.41, 5.74) is 0.802. The Morgan fingerprint density at radius 2 is 2.11 bits per heavy atom. The van der Waals surface area contributed by atoms with Crippen LogP contribution in [-0.2, 0) is 4.74 Å². The summed E-state index contributed by atoms with van der Waals surface area (Å²) in [4.78, 5) is 0. The first-order valence-corrected chi connectivity index (χ1v) is 6.29. The Hall–Kier alpha value is -1.26. The number of para-hydroxylation sites is 1. The third-order valence-electron chi connectivity index (χ3n) is 3.23. The summed E-state index contributed by atoms with van der Waals surface area (Å²) in [6.07, 6.45) is 0.249. The normalized spacial score (nSPS) is 17.3. The molecule has 2 rings (SSSR count). The highest BCUT2D eigenvalue weighted by molar-refractivity contribution is 5.48. The molecule has 2 unspecified atom stereocenters. The highest BCUT2D eigenvalue weighted by Crippen LogP contribution is 2.39. The quantitative estimate of drug-likeness (QED) is 0.872. The van der Waals surface area contributed by atoms with Crippen molar-refractivity contribution in [2.24, 2.45) is 5.92 Å². The van der Waals surface area contributed by atoms with Gasteiger partial charge in [-0.15, -0.1) is 0 Å². The molecule has 0 bridgehead atoms. The standard InChI is InChI=1S/C14H20O4/c1-10(6-7-16-2)13(15)11-4-3-5-12-14(11)18-9-8-17-12/h3-5,10,13,15H,6-9H2,1-2H3. The molecule has 0 spiro atoms. The highest BCUT2D eigenvalue weighted by Gasteiger charge is 2.24. The molecule has 100 valence electrons. The summed E-state index contributed by atoms with van der Waals surface area (Å²) in [7, 11) is 1.67. The Bertz CT molecular complexity index is 391. The van der Waals surface area contributed by atoms with E-state index in [-0.39, 0.29) is 5.92 Å². The minimum absolute atomic E-state index is 0.113. The summed E-state index contributed by atoms with van der Waals surface area (Å²) in [5, 5.41) is 10.4. The molecule has 1 aliphatic heterocycles. The van der Waals surface area contributed by atoms with Crippen LogP contribution in [0.25, 0.3) is 0 Å². The lowest BCUT2D eigenvalue weighted by atomic mass is 9.94. The van der Waals surface area contributed by atoms with Crippen molar-refractivity contribution in [1.29, 1.82) is 0 Å². The number of methoxy groups -OCH3 is 1. The topological polar surface area (TPSA) is 47.9 Å². The van der Waals surface area contributed by atoms with E-state index in [9.17, 15) is 5.11 Å². The summed E-state index contributed by atoms with van der Waals surface area (Å²) < 4.78 is 16.2. The number of aliphatic hydroxyl groups excluding tert-OH is 1. The molecule has 1 N–H and O–H groups in total. The molecule has 4 heteroatoms. The zero-order valence-corrected chi connectivity index (χ0v) is 10.9. The number of hydrogen-bond donors (Lipinski definition) is 1. The molecular formula is C14H20O4. The molecule has 1 heterocycles. The van der Waals surface area contributed by atoms with E-state index in [0.29, 0.717) is 25.6 Å². The van der Waals surface area contributed by atoms with E-state index in [1.807, 2.05) is 25.1 Å². The fourth-order valence-electron chi connectivity index (χ4n) is 2.10. The van der Waals surface area contributed by atoms with Crippen LogP contribution >= 0.6 is 0 Å². The van der Waals surface area contributed by atoms with E-state index in [0.717, 1.165) is 17.7 Å². The molecular weight excluding hydrogens is 232 g/mol. The van der Waals surface area contributed by atoms with E-state index in [4.69, 9.17) is 14.2 Å². The molecule has 18 heavy (non-hydrogen) atoms. The number of fused-ring (bicyclic) bond motifs is 1. The third-order valence-corrected chi connectivity index (χ3v) is 3.23. The van der Waals surface area contributed by atoms with Gasteiger partial charge in [-0.05, 0) is 18.4 Å². The maximum atomic E-state index is 10.4. The zero-order valence-electron chi connectivity index (χ0n) is 10.9. The fraction of sp³-hybridized carbons (Fsp3) is 0.571. The molecule has 4 nitrogen and oxygen atoms in total. The van der Waals surface area contributed by atoms with Gasteiger partial charge in [0.2, 0.25) is 0 Å². The molecule has 0 radical (unpaired) electrons. The first-order chi connectivity index (χ1) is 8.74. The highest BCUT2D eigenvalue weighted by atomic mass is 16.6. The van der Waals surface area contributed by atoms with Gasteiger partial charge in [-0.1, -0.05) is 19.1 Å². The summed E-state index contributed by atoms with van der Waals surface area (Å²) in [5.74, 6) is 1.51. The van der Waals surface area contributed by atoms with E-state index >= 15 is 0 Å². The van der Waals surface area contributed by atoms with Crippen LogP contribution in [0, 0.1) is 5.92 Å². The predicted molar refractivity (Wildman–Crippen MR) is 68.0 cm³/mol. The molecule has 0 aliphatic carbocycles. The molecule has 1 aromatic carbocycles. The number of rotatable bonds is 5. The molecule has 1 aromatic rings. The molecule has 0 saturated heterocycles. The van der Waals surface area contributed by atoms with Gasteiger partial charge in [-0.2, -0.15) is 0 Å². The first kappa shape index (κ1) is 13.2. The van der Waals surface area contributed by atoms with Gasteiger partial charge >= 0.3 is 0 Å². The minimum Gasteiger partial charge on any atom is -0.486 e. The van der Waals surface area contributed by atoms with Crippen LogP contribution in [0.1, 0.15) is 25.0 Å². The van der Waals surface area contributed by atoms with Crippen molar-refractivity contribution in [3.8, 4) is 11.5 Å². The Morgan fingerprint density at radius 3 is 2.89 bits per heavy atom. The smallest absolute Gasteiger partial charge is 0.167 e. The second-order valence-electron chi connectivity index (χ2n) is 4.58. The van der Waals surface area contributed by atoms with Crippen LogP contribution in [-0.4, -0.2) is 32.0 Å². The number of ether oxygens (including phenoxy) is 3. The molecule has 0 amide bonds. The molecule has 0 saturated carbocycles. The molecule has 0 fully saturated rings. The van der Waals surface area contributed by atoms with Crippen LogP contribution in [0.4, 0.5) is 0 Å². The van der Waals surface area contributed by atoms with Crippen molar-refractivity contribution in [2.75, 3.05) is 26.9 Å². The second-order valence-corrected chi connectivity index (χ2v) is 4.58. The van der Waals surface area contributed by atoms with E-state index in [2.05, 4.69) is 0 Å². The molecule has 2 atom stereocenters. The van der Waals surface area contributed by atoms with Gasteiger partial charge in [0, 0.05) is 19.3 Å². The monoisotopic (exact) mass is 252 g/mol. The van der Waals surface area contributed by atoms with Crippen molar-refractivity contribution in [3.05, 3.63) is 23.8 Å². The van der Waals surface area contributed by atoms with Crippen LogP contribution in [0.3, 0.4) is 0 Å². The Balaban J connectivity index is 2.16. The third kappa shape index (κ3) is 2.76. The van der Waals surface area contributed by atoms with Gasteiger partial charge in [0.25, 0.3) is 0 Å². The Labute approximate surface area is 107 Å². The number of aliphatic hydroxyl groups is 1. The maximum absolute atomic E-state index is 10.4. The van der Waals surface area contributed by atoms with Gasteiger partial charge in [-0.3, -0.25) is 0 Å². The van der Waals surface area contributed by atoms with E-state index < -0.39 is 6.10 Å². The predicted octanol–water partition coefficient (Wildman–Crippen LogP) is 2.16. The van der Waals surface area contributed by atoms with Crippen molar-refractivity contribution in [3.63, 3.8) is 0 Å². The lowest BCUT2D eigenvalue weighted by Gasteiger charge is -2.25. The average molecular weight is 252 g/mol. The second kappa shape index (κ2) is 6.07. The largest absolute Gasteiger partial charge is 0.486 e. The van der Waals surface area contributed by atoms with Crippen LogP contribution in [0.2, 0.25) is 0 Å². The van der Waals surface area contributed by atoms with Gasteiger partial charge in [0.05, 0.1) is 6.10 Å². The van der Waals surface area contributed by atoms with Crippen LogP contribution < -0.4 is 9.47 Å². The number of benzene rings is 1. The average Bonchev–Trinajstić information content (AvgIpc) is 2.43. The van der Waals surface area contributed by atoms with Crippen LogP contribution in [0.15, 0.2) is 18.2 Å². The van der Waals surface area contributed by atoms with Crippen molar-refractivity contribution >= 4 is 0 Å². The van der Waals surface area contributed by atoms with Gasteiger partial charge in [0.15, 0.2) is 11.5 Å². The van der Waals surface area contributed by atoms with E-state index in [1.54, 1.807) is 7.11 Å². The summed E-state index contributed by atoms with van der Waals surface area (Å²) >= 11 is 0. The lowest BCUT2D eigenvalue weighted by Crippen LogP contribution is -2.19.